The molecule has 14 heteroatoms. The zero-order valence-electron chi connectivity index (χ0n) is 37.1. The van der Waals surface area contributed by atoms with Crippen LogP contribution in [0.1, 0.15) is 106 Å². The molecule has 62 heavy (non-hydrogen) atoms. The molecule has 1 aliphatic heterocycles. The predicted octanol–water partition coefficient (Wildman–Crippen LogP) is 7.87. The van der Waals surface area contributed by atoms with Crippen molar-refractivity contribution < 1.29 is 27.9 Å². The number of hydrogen-bond acceptors (Lipinski definition) is 9. The Hall–Kier alpha value is -4.79. The fraction of sp³-hybridized carbons (Fsp3) is 0.542. The molecule has 1 fully saturated rings. The molecule has 2 heterocycles. The lowest BCUT2D eigenvalue weighted by Gasteiger charge is -2.36. The van der Waals surface area contributed by atoms with Crippen LogP contribution < -0.4 is 26.6 Å². The number of aliphatic hydroxyl groups excluding tert-OH is 1. The summed E-state index contributed by atoms with van der Waals surface area (Å²) >= 11 is 0. The van der Waals surface area contributed by atoms with E-state index in [0.717, 1.165) is 98.6 Å². The number of benzene rings is 3. The van der Waals surface area contributed by atoms with Crippen molar-refractivity contribution in [1.29, 1.82) is 0 Å². The van der Waals surface area contributed by atoms with E-state index in [-0.39, 0.29) is 17.4 Å². The van der Waals surface area contributed by atoms with Crippen molar-refractivity contribution in [3.05, 3.63) is 94.7 Å². The van der Waals surface area contributed by atoms with Gasteiger partial charge in [-0.1, -0.05) is 94.5 Å². The third-order valence-electron chi connectivity index (χ3n) is 12.0. The van der Waals surface area contributed by atoms with Crippen LogP contribution in [0.25, 0.3) is 10.8 Å². The summed E-state index contributed by atoms with van der Waals surface area (Å²) in [6.07, 6.45) is 2.60. The number of rotatable bonds is 22. The zero-order valence-corrected chi connectivity index (χ0v) is 37.1. The van der Waals surface area contributed by atoms with E-state index < -0.39 is 41.9 Å². The summed E-state index contributed by atoms with van der Waals surface area (Å²) in [4.78, 5) is 30.8. The number of carbonyl (C=O) groups excluding carboxylic acids is 2. The van der Waals surface area contributed by atoms with Crippen molar-refractivity contribution in [2.75, 3.05) is 49.5 Å². The molecule has 2 amide bonds. The second kappa shape index (κ2) is 23.1. The zero-order chi connectivity index (χ0) is 44.8. The SMILES string of the molecule is Cc1c(C(C)Nc2nnc(C)c3ccc(N4CCN(CCCCCCCCCNC(=O)C(CC(C)C)NC(=O)C(O)C(N)Cc5ccccc5)CC4)cc23)cccc1C(F)(F)F. The van der Waals surface area contributed by atoms with Crippen LogP contribution in [0, 0.1) is 19.8 Å². The molecule has 4 atom stereocenters. The number of nitrogens with zero attached hydrogens (tertiary/aromatic N) is 4. The highest BCUT2D eigenvalue weighted by Gasteiger charge is 2.33. The Bertz CT molecular complexity index is 2040. The molecule has 1 aliphatic rings. The Kier molecular flexibility index (Phi) is 17.9. The molecule has 6 N–H and O–H groups in total. The van der Waals surface area contributed by atoms with Crippen molar-refractivity contribution in [1.82, 2.24) is 25.7 Å². The number of alkyl halides is 3. The van der Waals surface area contributed by atoms with Crippen molar-refractivity contribution in [3.8, 4) is 0 Å². The fourth-order valence-corrected chi connectivity index (χ4v) is 8.35. The Morgan fingerprint density at radius 2 is 1.50 bits per heavy atom. The van der Waals surface area contributed by atoms with E-state index in [2.05, 4.69) is 54.1 Å². The normalized spacial score (nSPS) is 15.6. The van der Waals surface area contributed by atoms with E-state index in [9.17, 15) is 27.9 Å². The number of aliphatic hydroxyl groups is 1. The maximum atomic E-state index is 13.6. The monoisotopic (exact) mass is 861 g/mol. The van der Waals surface area contributed by atoms with Crippen LogP contribution in [0.5, 0.6) is 0 Å². The summed E-state index contributed by atoms with van der Waals surface area (Å²) in [5.74, 6) is -0.140. The van der Waals surface area contributed by atoms with E-state index >= 15 is 0 Å². The van der Waals surface area contributed by atoms with Gasteiger partial charge in [0.05, 0.1) is 17.3 Å². The molecular formula is C48H67F3N8O3. The molecule has 11 nitrogen and oxygen atoms in total. The van der Waals surface area contributed by atoms with Crippen LogP contribution >= 0.6 is 0 Å². The van der Waals surface area contributed by atoms with Gasteiger partial charge < -0.3 is 31.7 Å². The summed E-state index contributed by atoms with van der Waals surface area (Å²) in [6, 6.07) is 18.1. The highest BCUT2D eigenvalue weighted by Crippen LogP contribution is 2.36. The van der Waals surface area contributed by atoms with Crippen molar-refractivity contribution in [3.63, 3.8) is 0 Å². The Morgan fingerprint density at radius 3 is 2.18 bits per heavy atom. The summed E-state index contributed by atoms with van der Waals surface area (Å²) in [6.45, 7) is 14.6. The number of anilines is 2. The molecule has 4 aromatic rings. The summed E-state index contributed by atoms with van der Waals surface area (Å²) < 4.78 is 40.9. The van der Waals surface area contributed by atoms with Gasteiger partial charge >= 0.3 is 6.18 Å². The van der Waals surface area contributed by atoms with Gasteiger partial charge in [0.1, 0.15) is 12.1 Å². The Balaban J connectivity index is 0.975. The number of unbranched alkanes of at least 4 members (excludes halogenated alkanes) is 6. The number of nitrogens with one attached hydrogen (secondary N) is 3. The Morgan fingerprint density at radius 1 is 0.823 bits per heavy atom. The molecule has 0 aliphatic carbocycles. The standard InChI is InChI=1S/C48H67F3N8O3/c1-32(2)29-43(55-47(62)44(60)42(52)30-36-17-12-11-13-18-36)46(61)53-23-14-9-7-6-8-10-15-24-58-25-27-59(28-26-58)37-21-22-39-35(5)56-57-45(40(39)31-37)54-34(4)38-19-16-20-41(33(38)3)48(49,50)51/h11-13,16-22,31-32,34,42-44,60H,6-10,14-15,23-30,52H2,1-5H3,(H,53,61)(H,54,57)(H,55,62). The maximum Gasteiger partial charge on any atom is 0.416 e. The number of piperazine rings is 1. The highest BCUT2D eigenvalue weighted by atomic mass is 19.4. The summed E-state index contributed by atoms with van der Waals surface area (Å²) in [5, 5.41) is 30.3. The van der Waals surface area contributed by atoms with Gasteiger partial charge in [-0.15, -0.1) is 5.10 Å². The first-order chi connectivity index (χ1) is 29.6. The second-order valence-corrected chi connectivity index (χ2v) is 17.3. The van der Waals surface area contributed by atoms with Gasteiger partial charge in [-0.25, -0.2) is 0 Å². The van der Waals surface area contributed by atoms with Gasteiger partial charge in [0, 0.05) is 55.2 Å². The van der Waals surface area contributed by atoms with Gasteiger partial charge in [-0.3, -0.25) is 14.5 Å². The minimum absolute atomic E-state index is 0.174. The van der Waals surface area contributed by atoms with Crippen LogP contribution in [-0.4, -0.2) is 89.5 Å². The van der Waals surface area contributed by atoms with Crippen LogP contribution in [0.15, 0.2) is 66.7 Å². The van der Waals surface area contributed by atoms with E-state index in [1.54, 1.807) is 6.07 Å². The lowest BCUT2D eigenvalue weighted by Crippen LogP contribution is -2.54. The molecule has 0 radical (unpaired) electrons. The van der Waals surface area contributed by atoms with E-state index in [4.69, 9.17) is 5.73 Å². The number of halogens is 3. The van der Waals surface area contributed by atoms with E-state index in [0.29, 0.717) is 30.8 Å². The first kappa shape index (κ1) is 48.2. The number of aryl methyl sites for hydroxylation is 1. The first-order valence-corrected chi connectivity index (χ1v) is 22.4. The van der Waals surface area contributed by atoms with Crippen molar-refractivity contribution >= 4 is 34.1 Å². The highest BCUT2D eigenvalue weighted by molar-refractivity contribution is 5.95. The van der Waals surface area contributed by atoms with Gasteiger partial charge in [0.2, 0.25) is 5.91 Å². The van der Waals surface area contributed by atoms with Gasteiger partial charge in [-0.05, 0) is 93.8 Å². The van der Waals surface area contributed by atoms with E-state index in [1.165, 1.54) is 25.8 Å². The predicted molar refractivity (Wildman–Crippen MR) is 242 cm³/mol. The number of carbonyl (C=O) groups is 2. The maximum absolute atomic E-state index is 13.6. The minimum Gasteiger partial charge on any atom is -0.382 e. The van der Waals surface area contributed by atoms with Crippen LogP contribution in [-0.2, 0) is 22.2 Å². The lowest BCUT2D eigenvalue weighted by atomic mass is 9.97. The number of amides is 2. The molecule has 0 bridgehead atoms. The number of hydrogen-bond donors (Lipinski definition) is 5. The smallest absolute Gasteiger partial charge is 0.382 e. The average molecular weight is 861 g/mol. The molecule has 5 rings (SSSR count). The molecule has 4 unspecified atom stereocenters. The number of aromatic nitrogens is 2. The molecule has 1 aromatic heterocycles. The Labute approximate surface area is 365 Å². The lowest BCUT2D eigenvalue weighted by molar-refractivity contribution is -0.138. The largest absolute Gasteiger partial charge is 0.416 e. The van der Waals surface area contributed by atoms with Gasteiger partial charge in [0.25, 0.3) is 5.91 Å². The van der Waals surface area contributed by atoms with Crippen molar-refractivity contribution in [2.45, 2.75) is 123 Å². The third kappa shape index (κ3) is 13.9. The quantitative estimate of drug-likeness (QED) is 0.0498. The summed E-state index contributed by atoms with van der Waals surface area (Å²) in [5.41, 5.74) is 9.09. The van der Waals surface area contributed by atoms with Crippen molar-refractivity contribution in [2.24, 2.45) is 11.7 Å². The fourth-order valence-electron chi connectivity index (χ4n) is 8.35. The third-order valence-corrected chi connectivity index (χ3v) is 12.0. The van der Waals surface area contributed by atoms with E-state index in [1.807, 2.05) is 58.0 Å². The topological polar surface area (TPSA) is 149 Å². The minimum atomic E-state index is -4.42. The molecular weight excluding hydrogens is 794 g/mol. The van der Waals surface area contributed by atoms with Crippen LogP contribution in [0.4, 0.5) is 24.7 Å². The molecule has 0 spiro atoms. The van der Waals surface area contributed by atoms with Crippen LogP contribution in [0.3, 0.4) is 0 Å². The van der Waals surface area contributed by atoms with Gasteiger partial charge in [-0.2, -0.15) is 18.3 Å². The number of nitrogens with two attached hydrogens (primary N) is 1. The summed E-state index contributed by atoms with van der Waals surface area (Å²) in [7, 11) is 0. The molecule has 338 valence electrons. The second-order valence-electron chi connectivity index (χ2n) is 17.3. The van der Waals surface area contributed by atoms with Crippen LogP contribution in [0.2, 0.25) is 0 Å². The molecule has 3 aromatic carbocycles. The first-order valence-electron chi connectivity index (χ1n) is 22.4. The van der Waals surface area contributed by atoms with Gasteiger partial charge in [0.15, 0.2) is 5.82 Å². The average Bonchev–Trinajstić information content (AvgIpc) is 3.24. The molecule has 0 saturated carbocycles. The number of fused-ring (bicyclic) bond motifs is 1. The molecule has 1 saturated heterocycles.